The van der Waals surface area contributed by atoms with E-state index < -0.39 is 5.97 Å². The van der Waals surface area contributed by atoms with Gasteiger partial charge < -0.3 is 9.84 Å². The highest BCUT2D eigenvalue weighted by atomic mass is 35.5. The van der Waals surface area contributed by atoms with E-state index >= 15 is 0 Å². The molecule has 0 saturated carbocycles. The van der Waals surface area contributed by atoms with Crippen molar-refractivity contribution >= 4 is 39.1 Å². The summed E-state index contributed by atoms with van der Waals surface area (Å²) in [6.07, 6.45) is 1.34. The van der Waals surface area contributed by atoms with Crippen LogP contribution in [0.15, 0.2) is 29.9 Å². The van der Waals surface area contributed by atoms with Gasteiger partial charge in [-0.25, -0.2) is 14.8 Å². The average molecular weight is 321 g/mol. The number of halogens is 1. The number of ether oxygens (including phenoxy) is 1. The summed E-state index contributed by atoms with van der Waals surface area (Å²) in [5, 5.41) is 12.2. The Kier molecular flexibility index (Phi) is 3.48. The topological polar surface area (TPSA) is 72.3 Å². The molecule has 106 valence electrons. The van der Waals surface area contributed by atoms with Crippen molar-refractivity contribution in [3.05, 3.63) is 40.5 Å². The van der Waals surface area contributed by atoms with Gasteiger partial charge in [0.05, 0.1) is 28.6 Å². The predicted octanol–water partition coefficient (Wildman–Crippen LogP) is 3.50. The van der Waals surface area contributed by atoms with E-state index in [1.54, 1.807) is 17.5 Å². The SMILES string of the molecule is COC(=O)c1csc2c(-c3cc(Cl)ccc3O)ncnc12. The molecule has 3 aromatic rings. The number of methoxy groups -OCH3 is 1. The van der Waals surface area contributed by atoms with Crippen LogP contribution in [0.3, 0.4) is 0 Å². The van der Waals surface area contributed by atoms with E-state index in [1.807, 2.05) is 0 Å². The van der Waals surface area contributed by atoms with Crippen LogP contribution in [0, 0.1) is 0 Å². The third-order valence-corrected chi connectivity index (χ3v) is 4.18. The summed E-state index contributed by atoms with van der Waals surface area (Å²) in [6, 6.07) is 4.71. The zero-order chi connectivity index (χ0) is 15.0. The second kappa shape index (κ2) is 5.31. The minimum atomic E-state index is -0.457. The van der Waals surface area contributed by atoms with Gasteiger partial charge in [0.2, 0.25) is 0 Å². The number of thiophene rings is 1. The van der Waals surface area contributed by atoms with Gasteiger partial charge >= 0.3 is 5.97 Å². The molecule has 7 heteroatoms. The van der Waals surface area contributed by atoms with Crippen molar-refractivity contribution in [2.45, 2.75) is 0 Å². The molecule has 0 aliphatic carbocycles. The van der Waals surface area contributed by atoms with E-state index in [9.17, 15) is 9.90 Å². The standard InChI is InChI=1S/C14H9ClN2O3S/c1-20-14(19)9-5-21-13-11(16-6-17-12(9)13)8-4-7(15)2-3-10(8)18/h2-6,18H,1H3. The summed E-state index contributed by atoms with van der Waals surface area (Å²) in [4.78, 5) is 20.0. The molecule has 0 fully saturated rings. The molecule has 0 aliphatic heterocycles. The number of phenolic OH excluding ortho intramolecular Hbond substituents is 1. The van der Waals surface area contributed by atoms with E-state index in [0.29, 0.717) is 32.1 Å². The monoisotopic (exact) mass is 320 g/mol. The molecule has 0 saturated heterocycles. The van der Waals surface area contributed by atoms with E-state index in [2.05, 4.69) is 9.97 Å². The molecule has 21 heavy (non-hydrogen) atoms. The van der Waals surface area contributed by atoms with Crippen LogP contribution in [0.25, 0.3) is 21.5 Å². The third-order valence-electron chi connectivity index (χ3n) is 2.97. The van der Waals surface area contributed by atoms with Crippen molar-refractivity contribution in [1.29, 1.82) is 0 Å². The summed E-state index contributed by atoms with van der Waals surface area (Å²) in [5.74, 6) is -0.395. The zero-order valence-electron chi connectivity index (χ0n) is 10.8. The average Bonchev–Trinajstić information content (AvgIpc) is 2.93. The second-order valence-electron chi connectivity index (χ2n) is 4.20. The molecule has 0 amide bonds. The number of carbonyl (C=O) groups excluding carboxylic acids is 1. The Labute approximate surface area is 128 Å². The lowest BCUT2D eigenvalue weighted by Gasteiger charge is -2.05. The van der Waals surface area contributed by atoms with Crippen molar-refractivity contribution in [1.82, 2.24) is 9.97 Å². The van der Waals surface area contributed by atoms with E-state index in [0.717, 1.165) is 0 Å². The Bertz CT molecular complexity index is 847. The first-order valence-corrected chi connectivity index (χ1v) is 7.17. The predicted molar refractivity (Wildman–Crippen MR) is 80.9 cm³/mol. The molecule has 0 aliphatic rings. The number of aromatic nitrogens is 2. The number of esters is 1. The molecule has 3 rings (SSSR count). The maximum atomic E-state index is 11.7. The highest BCUT2D eigenvalue weighted by Gasteiger charge is 2.18. The maximum absolute atomic E-state index is 11.7. The quantitative estimate of drug-likeness (QED) is 0.732. The van der Waals surface area contributed by atoms with Crippen molar-refractivity contribution in [2.24, 2.45) is 0 Å². The molecular formula is C14H9ClN2O3S. The number of hydrogen-bond donors (Lipinski definition) is 1. The van der Waals surface area contributed by atoms with Gasteiger partial charge in [-0.05, 0) is 18.2 Å². The summed E-state index contributed by atoms with van der Waals surface area (Å²) < 4.78 is 5.42. The van der Waals surface area contributed by atoms with Crippen LogP contribution in [0.5, 0.6) is 5.75 Å². The molecule has 1 N–H and O–H groups in total. The Morgan fingerprint density at radius 3 is 2.95 bits per heavy atom. The normalized spacial score (nSPS) is 10.8. The summed E-state index contributed by atoms with van der Waals surface area (Å²) >= 11 is 7.28. The van der Waals surface area contributed by atoms with Crippen molar-refractivity contribution in [2.75, 3.05) is 7.11 Å². The molecule has 0 unspecified atom stereocenters. The van der Waals surface area contributed by atoms with Crippen LogP contribution in [-0.4, -0.2) is 28.2 Å². The lowest BCUT2D eigenvalue weighted by Crippen LogP contribution is -2.00. The van der Waals surface area contributed by atoms with Gasteiger partial charge in [0, 0.05) is 16.0 Å². The number of rotatable bonds is 2. The highest BCUT2D eigenvalue weighted by molar-refractivity contribution is 7.18. The maximum Gasteiger partial charge on any atom is 0.340 e. The van der Waals surface area contributed by atoms with Gasteiger partial charge in [0.15, 0.2) is 0 Å². The van der Waals surface area contributed by atoms with E-state index in [4.69, 9.17) is 16.3 Å². The lowest BCUT2D eigenvalue weighted by molar-refractivity contribution is 0.0603. The molecule has 0 bridgehead atoms. The minimum Gasteiger partial charge on any atom is -0.507 e. The van der Waals surface area contributed by atoms with Gasteiger partial charge in [-0.2, -0.15) is 0 Å². The zero-order valence-corrected chi connectivity index (χ0v) is 12.4. The van der Waals surface area contributed by atoms with E-state index in [-0.39, 0.29) is 5.75 Å². The fourth-order valence-corrected chi connectivity index (χ4v) is 3.16. The largest absolute Gasteiger partial charge is 0.507 e. The van der Waals surface area contributed by atoms with Gasteiger partial charge in [-0.3, -0.25) is 0 Å². The Balaban J connectivity index is 2.27. The first kappa shape index (κ1) is 13.8. The number of benzene rings is 1. The molecular weight excluding hydrogens is 312 g/mol. The summed E-state index contributed by atoms with van der Waals surface area (Å²) in [7, 11) is 1.32. The van der Waals surface area contributed by atoms with Crippen LogP contribution >= 0.6 is 22.9 Å². The molecule has 2 aromatic heterocycles. The van der Waals surface area contributed by atoms with Crippen LogP contribution < -0.4 is 0 Å². The minimum absolute atomic E-state index is 0.0624. The van der Waals surface area contributed by atoms with Crippen molar-refractivity contribution in [3.63, 3.8) is 0 Å². The number of phenols is 1. The van der Waals surface area contributed by atoms with Crippen LogP contribution in [0.4, 0.5) is 0 Å². The van der Waals surface area contributed by atoms with Crippen molar-refractivity contribution < 1.29 is 14.6 Å². The van der Waals surface area contributed by atoms with Gasteiger partial charge in [0.25, 0.3) is 0 Å². The Morgan fingerprint density at radius 1 is 1.38 bits per heavy atom. The van der Waals surface area contributed by atoms with Crippen LogP contribution in [0.1, 0.15) is 10.4 Å². The Morgan fingerprint density at radius 2 is 2.19 bits per heavy atom. The Hall–Kier alpha value is -2.18. The lowest BCUT2D eigenvalue weighted by atomic mass is 10.1. The van der Waals surface area contributed by atoms with Gasteiger partial charge in [-0.15, -0.1) is 11.3 Å². The number of hydrogen-bond acceptors (Lipinski definition) is 6. The molecule has 2 heterocycles. The van der Waals surface area contributed by atoms with Gasteiger partial charge in [0.1, 0.15) is 12.1 Å². The highest BCUT2D eigenvalue weighted by Crippen LogP contribution is 2.37. The fourth-order valence-electron chi connectivity index (χ4n) is 2.00. The smallest absolute Gasteiger partial charge is 0.340 e. The molecule has 1 aromatic carbocycles. The third kappa shape index (κ3) is 2.32. The molecule has 0 radical (unpaired) electrons. The first-order chi connectivity index (χ1) is 10.1. The molecule has 0 spiro atoms. The van der Waals surface area contributed by atoms with E-state index in [1.165, 1.54) is 30.8 Å². The molecule has 5 nitrogen and oxygen atoms in total. The second-order valence-corrected chi connectivity index (χ2v) is 5.52. The van der Waals surface area contributed by atoms with Crippen molar-refractivity contribution in [3.8, 4) is 17.0 Å². The summed E-state index contributed by atoms with van der Waals surface area (Å²) in [5.41, 5.74) is 1.90. The summed E-state index contributed by atoms with van der Waals surface area (Å²) in [6.45, 7) is 0. The first-order valence-electron chi connectivity index (χ1n) is 5.91. The fraction of sp³-hybridized carbons (Fsp3) is 0.0714. The molecule has 0 atom stereocenters. The number of fused-ring (bicyclic) bond motifs is 1. The number of nitrogens with zero attached hydrogens (tertiary/aromatic N) is 2. The van der Waals surface area contributed by atoms with Crippen LogP contribution in [0.2, 0.25) is 5.02 Å². The number of aromatic hydroxyl groups is 1. The van der Waals surface area contributed by atoms with Gasteiger partial charge in [-0.1, -0.05) is 11.6 Å². The number of carbonyl (C=O) groups is 1. The van der Waals surface area contributed by atoms with Crippen LogP contribution in [-0.2, 0) is 4.74 Å².